The first-order valence-electron chi connectivity index (χ1n) is 7.20. The van der Waals surface area contributed by atoms with Crippen LogP contribution < -0.4 is 5.32 Å². The van der Waals surface area contributed by atoms with Crippen molar-refractivity contribution in [3.8, 4) is 5.75 Å². The van der Waals surface area contributed by atoms with Crippen LogP contribution in [0.4, 0.5) is 13.2 Å². The van der Waals surface area contributed by atoms with Gasteiger partial charge < -0.3 is 15.5 Å². The monoisotopic (exact) mass is 339 g/mol. The number of aromatic hydroxyl groups is 1. The van der Waals surface area contributed by atoms with Crippen LogP contribution in [-0.2, 0) is 6.42 Å². The number of aliphatic hydroxyl groups excluding tert-OH is 1. The Labute approximate surface area is 136 Å². The first kappa shape index (κ1) is 17.8. The molecular weight excluding hydrogens is 323 g/mol. The number of carbonyl (C=O) groups excluding carboxylic acids is 1. The van der Waals surface area contributed by atoms with Crippen LogP contribution in [0.3, 0.4) is 0 Å². The van der Waals surface area contributed by atoms with Crippen LogP contribution in [0.5, 0.6) is 5.75 Å². The first-order valence-corrected chi connectivity index (χ1v) is 7.20. The summed E-state index contributed by atoms with van der Waals surface area (Å²) in [6, 6.07) is 8.58. The molecule has 4 nitrogen and oxygen atoms in total. The van der Waals surface area contributed by atoms with Gasteiger partial charge in [0, 0.05) is 6.42 Å². The fraction of sp³-hybridized carbons (Fsp3) is 0.235. The van der Waals surface area contributed by atoms with Gasteiger partial charge in [0.25, 0.3) is 5.91 Å². The van der Waals surface area contributed by atoms with Crippen molar-refractivity contribution >= 4 is 5.91 Å². The highest BCUT2D eigenvalue weighted by Gasteiger charge is 2.25. The molecule has 0 aliphatic rings. The van der Waals surface area contributed by atoms with Crippen LogP contribution in [0, 0.1) is 17.5 Å². The lowest BCUT2D eigenvalue weighted by molar-refractivity contribution is 0.0846. The molecule has 128 valence electrons. The van der Waals surface area contributed by atoms with Gasteiger partial charge in [0.2, 0.25) is 5.82 Å². The van der Waals surface area contributed by atoms with Crippen molar-refractivity contribution in [2.75, 3.05) is 0 Å². The normalized spacial score (nSPS) is 13.4. The summed E-state index contributed by atoms with van der Waals surface area (Å²) >= 11 is 0. The molecule has 2 aromatic rings. The molecule has 0 radical (unpaired) electrons. The highest BCUT2D eigenvalue weighted by molar-refractivity contribution is 5.95. The topological polar surface area (TPSA) is 69.6 Å². The summed E-state index contributed by atoms with van der Waals surface area (Å²) in [5, 5.41) is 21.5. The van der Waals surface area contributed by atoms with Crippen LogP contribution in [0.1, 0.15) is 22.8 Å². The molecule has 2 aromatic carbocycles. The Balaban J connectivity index is 2.09. The molecule has 0 bridgehead atoms. The number of amides is 1. The molecule has 24 heavy (non-hydrogen) atoms. The van der Waals surface area contributed by atoms with E-state index in [0.717, 1.165) is 5.56 Å². The van der Waals surface area contributed by atoms with E-state index >= 15 is 0 Å². The number of benzene rings is 2. The Morgan fingerprint density at radius 3 is 2.42 bits per heavy atom. The third-order valence-electron chi connectivity index (χ3n) is 3.60. The Kier molecular flexibility index (Phi) is 5.46. The lowest BCUT2D eigenvalue weighted by Crippen LogP contribution is -2.42. The first-order chi connectivity index (χ1) is 11.3. The van der Waals surface area contributed by atoms with Crippen LogP contribution in [0.2, 0.25) is 0 Å². The van der Waals surface area contributed by atoms with Gasteiger partial charge >= 0.3 is 0 Å². The average molecular weight is 339 g/mol. The molecule has 0 spiro atoms. The van der Waals surface area contributed by atoms with Crippen LogP contribution >= 0.6 is 0 Å². The number of aliphatic hydroxyl groups is 1. The zero-order valence-corrected chi connectivity index (χ0v) is 12.8. The summed E-state index contributed by atoms with van der Waals surface area (Å²) < 4.78 is 40.0. The van der Waals surface area contributed by atoms with Crippen molar-refractivity contribution in [3.05, 3.63) is 65.0 Å². The second-order valence-electron chi connectivity index (χ2n) is 5.40. The van der Waals surface area contributed by atoms with Gasteiger partial charge in [-0.3, -0.25) is 4.79 Å². The zero-order valence-electron chi connectivity index (χ0n) is 12.8. The molecule has 0 saturated heterocycles. The van der Waals surface area contributed by atoms with Crippen LogP contribution in [-0.4, -0.2) is 28.3 Å². The number of hydrogen-bond acceptors (Lipinski definition) is 3. The van der Waals surface area contributed by atoms with E-state index in [2.05, 4.69) is 5.32 Å². The molecule has 0 aliphatic heterocycles. The molecule has 0 aliphatic carbocycles. The molecule has 7 heteroatoms. The zero-order chi connectivity index (χ0) is 17.9. The number of carbonyl (C=O) groups is 1. The quantitative estimate of drug-likeness (QED) is 0.733. The van der Waals surface area contributed by atoms with E-state index in [1.165, 1.54) is 6.92 Å². The SMILES string of the molecule is CC(NC(=O)c1cc(F)c(F)c(O)c1F)C(O)Cc1ccccc1. The Bertz CT molecular complexity index is 738. The second-order valence-corrected chi connectivity index (χ2v) is 5.40. The summed E-state index contributed by atoms with van der Waals surface area (Å²) in [5.74, 6) is -7.49. The van der Waals surface area contributed by atoms with E-state index in [-0.39, 0.29) is 6.42 Å². The smallest absolute Gasteiger partial charge is 0.254 e. The third kappa shape index (κ3) is 3.86. The van der Waals surface area contributed by atoms with Crippen molar-refractivity contribution < 1.29 is 28.2 Å². The summed E-state index contributed by atoms with van der Waals surface area (Å²) in [6.45, 7) is 1.49. The van der Waals surface area contributed by atoms with Gasteiger partial charge in [-0.15, -0.1) is 0 Å². The van der Waals surface area contributed by atoms with Gasteiger partial charge in [-0.25, -0.2) is 8.78 Å². The van der Waals surface area contributed by atoms with Gasteiger partial charge in [-0.1, -0.05) is 30.3 Å². The maximum Gasteiger partial charge on any atom is 0.254 e. The maximum absolute atomic E-state index is 13.7. The molecule has 2 atom stereocenters. The second kappa shape index (κ2) is 7.35. The number of rotatable bonds is 5. The molecule has 3 N–H and O–H groups in total. The van der Waals surface area contributed by atoms with Crippen molar-refractivity contribution in [2.45, 2.75) is 25.5 Å². The van der Waals surface area contributed by atoms with Gasteiger partial charge in [0.15, 0.2) is 17.4 Å². The van der Waals surface area contributed by atoms with Crippen molar-refractivity contribution in [3.63, 3.8) is 0 Å². The summed E-state index contributed by atoms with van der Waals surface area (Å²) in [5.41, 5.74) is -0.00656. The van der Waals surface area contributed by atoms with Crippen molar-refractivity contribution in [1.82, 2.24) is 5.32 Å². The minimum atomic E-state index is -1.76. The van der Waals surface area contributed by atoms with Crippen LogP contribution in [0.25, 0.3) is 0 Å². The fourth-order valence-corrected chi connectivity index (χ4v) is 2.17. The summed E-state index contributed by atoms with van der Waals surface area (Å²) in [6.07, 6.45) is -0.730. The van der Waals surface area contributed by atoms with Gasteiger partial charge in [-0.2, -0.15) is 4.39 Å². The largest absolute Gasteiger partial charge is 0.503 e. The van der Waals surface area contributed by atoms with Crippen molar-refractivity contribution in [1.29, 1.82) is 0 Å². The predicted octanol–water partition coefficient (Wildman–Crippen LogP) is 2.53. The van der Waals surface area contributed by atoms with Gasteiger partial charge in [-0.05, 0) is 18.6 Å². The maximum atomic E-state index is 13.7. The lowest BCUT2D eigenvalue weighted by Gasteiger charge is -2.20. The van der Waals surface area contributed by atoms with E-state index in [0.29, 0.717) is 6.07 Å². The number of halogens is 3. The minimum Gasteiger partial charge on any atom is -0.503 e. The van der Waals surface area contributed by atoms with E-state index < -0.39 is 46.8 Å². The van der Waals surface area contributed by atoms with E-state index in [4.69, 9.17) is 5.11 Å². The fourth-order valence-electron chi connectivity index (χ4n) is 2.17. The number of phenolic OH excluding ortho intramolecular Hbond substituents is 1. The minimum absolute atomic E-state index is 0.244. The molecule has 1 amide bonds. The highest BCUT2D eigenvalue weighted by Crippen LogP contribution is 2.25. The summed E-state index contributed by atoms with van der Waals surface area (Å²) in [7, 11) is 0. The molecule has 2 rings (SSSR count). The Hall–Kier alpha value is -2.54. The van der Waals surface area contributed by atoms with E-state index in [9.17, 15) is 23.1 Å². The molecule has 0 heterocycles. The molecular formula is C17H16F3NO3. The average Bonchev–Trinajstić information content (AvgIpc) is 2.56. The van der Waals surface area contributed by atoms with E-state index in [1.54, 1.807) is 24.3 Å². The Morgan fingerprint density at radius 1 is 1.17 bits per heavy atom. The lowest BCUT2D eigenvalue weighted by atomic mass is 10.0. The van der Waals surface area contributed by atoms with E-state index in [1.807, 2.05) is 6.07 Å². The molecule has 0 fully saturated rings. The standard InChI is InChI=1S/C17H16F3NO3/c1-9(13(22)7-10-5-3-2-4-6-10)21-17(24)11-8-12(18)15(20)16(23)14(11)19/h2-6,8-9,13,22-23H,7H2,1H3,(H,21,24). The van der Waals surface area contributed by atoms with Crippen LogP contribution in [0.15, 0.2) is 36.4 Å². The molecule has 0 saturated carbocycles. The van der Waals surface area contributed by atoms with Gasteiger partial charge in [0.1, 0.15) is 0 Å². The number of hydrogen-bond donors (Lipinski definition) is 3. The molecule has 2 unspecified atom stereocenters. The predicted molar refractivity (Wildman–Crippen MR) is 81.1 cm³/mol. The molecule has 0 aromatic heterocycles. The Morgan fingerprint density at radius 2 is 1.79 bits per heavy atom. The number of phenols is 1. The third-order valence-corrected chi connectivity index (χ3v) is 3.60. The van der Waals surface area contributed by atoms with Crippen molar-refractivity contribution in [2.24, 2.45) is 0 Å². The summed E-state index contributed by atoms with van der Waals surface area (Å²) in [4.78, 5) is 12.0. The van der Waals surface area contributed by atoms with Gasteiger partial charge in [0.05, 0.1) is 17.7 Å². The number of nitrogens with one attached hydrogen (secondary N) is 1. The highest BCUT2D eigenvalue weighted by atomic mass is 19.2.